The monoisotopic (exact) mass is 522 g/mol. The van der Waals surface area contributed by atoms with Crippen LogP contribution in [0.25, 0.3) is 15.9 Å². The van der Waals surface area contributed by atoms with E-state index in [0.29, 0.717) is 34.8 Å². The number of nitrogens with zero attached hydrogens (tertiary/aromatic N) is 6. The molecule has 0 N–H and O–H groups in total. The standard InChI is InChI=1S/C30H27ClN6O/c1-19-18-37(29-24(16-32)30(38)35(4)25-14-15-26(33-3)34-27(25)29)20(2)17-36(19)28(21-8-6-5-7-9-21)22-10-12-23(31)13-11-22/h5-15,19-20,28H,17-18H2,1-2,4H3/t19-,20+,28?/m1/s1. The zero-order chi connectivity index (χ0) is 27.0. The number of aryl methyl sites for hydroxylation is 1. The Morgan fingerprint density at radius 3 is 2.37 bits per heavy atom. The van der Waals surface area contributed by atoms with Crippen LogP contribution in [0.3, 0.4) is 0 Å². The van der Waals surface area contributed by atoms with Crippen LogP contribution in [0.15, 0.2) is 71.5 Å². The van der Waals surface area contributed by atoms with Gasteiger partial charge in [0.25, 0.3) is 11.4 Å². The van der Waals surface area contributed by atoms with E-state index in [-0.39, 0.29) is 35.1 Å². The highest BCUT2D eigenvalue weighted by Gasteiger charge is 2.37. The quantitative estimate of drug-likeness (QED) is 0.322. The molecule has 0 amide bonds. The highest BCUT2D eigenvalue weighted by Crippen LogP contribution is 2.37. The van der Waals surface area contributed by atoms with Crippen molar-refractivity contribution >= 4 is 34.1 Å². The fraction of sp³-hybridized carbons (Fsp3) is 0.267. The summed E-state index contributed by atoms with van der Waals surface area (Å²) < 4.78 is 1.44. The molecule has 7 nitrogen and oxygen atoms in total. The van der Waals surface area contributed by atoms with E-state index >= 15 is 0 Å². The number of rotatable bonds is 4. The van der Waals surface area contributed by atoms with E-state index in [1.165, 1.54) is 10.1 Å². The van der Waals surface area contributed by atoms with Gasteiger partial charge in [0.15, 0.2) is 0 Å². The number of benzene rings is 2. The number of nitriles is 1. The zero-order valence-electron chi connectivity index (χ0n) is 21.5. The third kappa shape index (κ3) is 4.41. The lowest BCUT2D eigenvalue weighted by Crippen LogP contribution is -2.58. The number of pyridine rings is 2. The summed E-state index contributed by atoms with van der Waals surface area (Å²) in [6.45, 7) is 13.0. The molecule has 2 aromatic heterocycles. The summed E-state index contributed by atoms with van der Waals surface area (Å²) in [5, 5.41) is 10.7. The Hall–Kier alpha value is -4.17. The van der Waals surface area contributed by atoms with E-state index in [9.17, 15) is 10.1 Å². The molecule has 1 unspecified atom stereocenters. The Labute approximate surface area is 226 Å². The smallest absolute Gasteiger partial charge is 0.271 e. The Morgan fingerprint density at radius 2 is 1.71 bits per heavy atom. The number of aromatic nitrogens is 2. The normalized spacial score (nSPS) is 18.6. The highest BCUT2D eigenvalue weighted by molar-refractivity contribution is 6.30. The lowest BCUT2D eigenvalue weighted by Gasteiger charge is -2.48. The molecule has 0 spiro atoms. The number of halogens is 1. The van der Waals surface area contributed by atoms with Crippen LogP contribution in [0.2, 0.25) is 5.02 Å². The molecule has 8 heteroatoms. The first-order valence-electron chi connectivity index (χ1n) is 12.5. The molecule has 2 aromatic carbocycles. The minimum atomic E-state index is -0.363. The molecule has 1 saturated heterocycles. The molecule has 0 radical (unpaired) electrons. The van der Waals surface area contributed by atoms with Gasteiger partial charge in [0, 0.05) is 37.2 Å². The lowest BCUT2D eigenvalue weighted by molar-refractivity contribution is 0.130. The average Bonchev–Trinajstić information content (AvgIpc) is 2.94. The van der Waals surface area contributed by atoms with Crippen LogP contribution in [0, 0.1) is 17.9 Å². The minimum Gasteiger partial charge on any atom is -0.361 e. The van der Waals surface area contributed by atoms with Gasteiger partial charge in [-0.05, 0) is 49.2 Å². The minimum absolute atomic E-state index is 0.00994. The first kappa shape index (κ1) is 25.5. The second-order valence-corrected chi connectivity index (χ2v) is 10.2. The van der Waals surface area contributed by atoms with Crippen molar-refractivity contribution in [2.24, 2.45) is 7.05 Å². The van der Waals surface area contributed by atoms with Gasteiger partial charge in [-0.2, -0.15) is 5.26 Å². The van der Waals surface area contributed by atoms with E-state index < -0.39 is 0 Å². The van der Waals surface area contributed by atoms with E-state index in [1.807, 2.05) is 30.3 Å². The summed E-state index contributed by atoms with van der Waals surface area (Å²) in [4.78, 5) is 25.8. The fourth-order valence-corrected chi connectivity index (χ4v) is 5.63. The molecule has 190 valence electrons. The number of piperazine rings is 1. The molecule has 1 aliphatic rings. The summed E-state index contributed by atoms with van der Waals surface area (Å²) >= 11 is 6.21. The second-order valence-electron chi connectivity index (χ2n) is 9.76. The number of anilines is 1. The van der Waals surface area contributed by atoms with Gasteiger partial charge in [0.2, 0.25) is 5.52 Å². The molecule has 0 bridgehead atoms. The predicted octanol–water partition coefficient (Wildman–Crippen LogP) is 5.70. The summed E-state index contributed by atoms with van der Waals surface area (Å²) in [5.41, 5.74) is 3.63. The van der Waals surface area contributed by atoms with Gasteiger partial charge >= 0.3 is 0 Å². The van der Waals surface area contributed by atoms with Crippen LogP contribution in [-0.2, 0) is 7.05 Å². The van der Waals surface area contributed by atoms with E-state index in [0.717, 1.165) is 5.56 Å². The molecule has 38 heavy (non-hydrogen) atoms. The maximum atomic E-state index is 13.2. The molecule has 1 aliphatic heterocycles. The SMILES string of the molecule is [C-]#[N+]c1ccc2c(n1)c(N1C[C@@H](C)N(C(c3ccccc3)c3ccc(Cl)cc3)C[C@@H]1C)c(C#N)c(=O)n2C. The van der Waals surface area contributed by atoms with Gasteiger partial charge in [0.1, 0.15) is 17.3 Å². The molecule has 3 atom stereocenters. The Kier molecular flexibility index (Phi) is 6.91. The van der Waals surface area contributed by atoms with Gasteiger partial charge in [0.05, 0.1) is 11.6 Å². The Morgan fingerprint density at radius 1 is 1.03 bits per heavy atom. The second kappa shape index (κ2) is 10.3. The lowest BCUT2D eigenvalue weighted by atomic mass is 9.93. The van der Waals surface area contributed by atoms with Crippen LogP contribution >= 0.6 is 11.6 Å². The van der Waals surface area contributed by atoms with Crippen molar-refractivity contribution < 1.29 is 0 Å². The van der Waals surface area contributed by atoms with Crippen LogP contribution < -0.4 is 10.5 Å². The first-order valence-corrected chi connectivity index (χ1v) is 12.9. The molecule has 3 heterocycles. The Bertz CT molecular complexity index is 1630. The molecular formula is C30H27ClN6O. The van der Waals surface area contributed by atoms with Crippen LogP contribution in [0.4, 0.5) is 11.5 Å². The van der Waals surface area contributed by atoms with Gasteiger partial charge in [-0.1, -0.05) is 60.6 Å². The van der Waals surface area contributed by atoms with Gasteiger partial charge in [-0.3, -0.25) is 9.69 Å². The molecule has 0 aliphatic carbocycles. The topological polar surface area (TPSA) is 69.5 Å². The van der Waals surface area contributed by atoms with Crippen molar-refractivity contribution in [3.63, 3.8) is 0 Å². The van der Waals surface area contributed by atoms with Crippen molar-refractivity contribution in [2.75, 3.05) is 18.0 Å². The van der Waals surface area contributed by atoms with E-state index in [2.05, 4.69) is 63.8 Å². The van der Waals surface area contributed by atoms with Gasteiger partial charge < -0.3 is 14.3 Å². The maximum Gasteiger partial charge on any atom is 0.271 e. The van der Waals surface area contributed by atoms with Crippen molar-refractivity contribution in [3.8, 4) is 6.07 Å². The molecule has 1 fully saturated rings. The molecule has 4 aromatic rings. The van der Waals surface area contributed by atoms with Crippen molar-refractivity contribution in [3.05, 3.63) is 110 Å². The van der Waals surface area contributed by atoms with Crippen molar-refractivity contribution in [2.45, 2.75) is 32.0 Å². The molecule has 5 rings (SSSR count). The Balaban J connectivity index is 1.61. The highest BCUT2D eigenvalue weighted by atomic mass is 35.5. The number of hydrogen-bond acceptors (Lipinski definition) is 5. The van der Waals surface area contributed by atoms with Crippen molar-refractivity contribution in [1.82, 2.24) is 14.5 Å². The summed E-state index contributed by atoms with van der Waals surface area (Å²) in [5.74, 6) is 0.229. The third-order valence-electron chi connectivity index (χ3n) is 7.38. The molecule has 0 saturated carbocycles. The van der Waals surface area contributed by atoms with Gasteiger partial charge in [-0.25, -0.2) is 0 Å². The van der Waals surface area contributed by atoms with E-state index in [1.54, 1.807) is 19.2 Å². The van der Waals surface area contributed by atoms with Crippen molar-refractivity contribution in [1.29, 1.82) is 5.26 Å². The predicted molar refractivity (Wildman–Crippen MR) is 151 cm³/mol. The third-order valence-corrected chi connectivity index (χ3v) is 7.63. The first-order chi connectivity index (χ1) is 18.3. The number of fused-ring (bicyclic) bond motifs is 1. The average molecular weight is 523 g/mol. The van der Waals surface area contributed by atoms with Gasteiger partial charge in [-0.15, -0.1) is 4.98 Å². The summed E-state index contributed by atoms with van der Waals surface area (Å²) in [6.07, 6.45) is 0. The largest absolute Gasteiger partial charge is 0.361 e. The van der Waals surface area contributed by atoms with E-state index in [4.69, 9.17) is 18.2 Å². The zero-order valence-corrected chi connectivity index (χ0v) is 22.2. The van der Waals surface area contributed by atoms with Crippen LogP contribution in [0.5, 0.6) is 0 Å². The summed E-state index contributed by atoms with van der Waals surface area (Å²) in [7, 11) is 1.63. The fourth-order valence-electron chi connectivity index (χ4n) is 5.51. The molecular weight excluding hydrogens is 496 g/mol. The maximum absolute atomic E-state index is 13.2. The summed E-state index contributed by atoms with van der Waals surface area (Å²) in [6, 6.07) is 23.9. The van der Waals surface area contributed by atoms with Crippen LogP contribution in [-0.4, -0.2) is 39.6 Å². The number of hydrogen-bond donors (Lipinski definition) is 0. The van der Waals surface area contributed by atoms with Crippen LogP contribution in [0.1, 0.15) is 36.6 Å².